The lowest BCUT2D eigenvalue weighted by atomic mass is 9.92. The number of benzene rings is 3. The third kappa shape index (κ3) is 8.99. The lowest BCUT2D eigenvalue weighted by Gasteiger charge is -2.47. The number of likely N-dealkylation sites (tertiary alicyclic amines) is 1. The Morgan fingerprint density at radius 1 is 0.814 bits per heavy atom. The Bertz CT molecular complexity index is 1330. The van der Waals surface area contributed by atoms with Crippen molar-refractivity contribution in [3.63, 3.8) is 0 Å². The Morgan fingerprint density at radius 2 is 1.47 bits per heavy atom. The first-order valence-electron chi connectivity index (χ1n) is 15.9. The molecule has 1 saturated heterocycles. The molecule has 1 aromatic heterocycles. The van der Waals surface area contributed by atoms with Crippen molar-refractivity contribution >= 4 is 10.9 Å². The van der Waals surface area contributed by atoms with Crippen LogP contribution < -0.4 is 11.1 Å². The van der Waals surface area contributed by atoms with Crippen LogP contribution in [-0.4, -0.2) is 72.1 Å². The van der Waals surface area contributed by atoms with Crippen LogP contribution in [0.4, 0.5) is 0 Å². The fraction of sp³-hybridized carbons (Fsp3) is 0.444. The molecular weight excluding hydrogens is 536 g/mol. The number of nitrogens with zero attached hydrogens (tertiary/aromatic N) is 1. The number of aromatic nitrogens is 1. The van der Waals surface area contributed by atoms with Crippen LogP contribution in [0.3, 0.4) is 0 Å². The number of β-amino-alcohol motifs (C(OH)–C–C–N with tert-alkyl or cyclic N) is 1. The summed E-state index contributed by atoms with van der Waals surface area (Å²) in [5.74, 6) is 0. The predicted molar refractivity (Wildman–Crippen MR) is 174 cm³/mol. The van der Waals surface area contributed by atoms with Gasteiger partial charge in [0.15, 0.2) is 0 Å². The fourth-order valence-electron chi connectivity index (χ4n) is 6.17. The number of hydrogen-bond donors (Lipinski definition) is 4. The quantitative estimate of drug-likeness (QED) is 0.130. The first kappa shape index (κ1) is 31.4. The summed E-state index contributed by atoms with van der Waals surface area (Å²) < 4.78 is 13.2. The van der Waals surface area contributed by atoms with Gasteiger partial charge in [-0.25, -0.2) is 0 Å². The summed E-state index contributed by atoms with van der Waals surface area (Å²) in [6.07, 6.45) is 6.14. The van der Waals surface area contributed by atoms with Gasteiger partial charge in [-0.05, 0) is 55.1 Å². The largest absolute Gasteiger partial charge is 0.389 e. The average molecular weight is 585 g/mol. The Labute approximate surface area is 256 Å². The molecule has 1 aliphatic heterocycles. The highest BCUT2D eigenvalue weighted by Crippen LogP contribution is 2.27. The van der Waals surface area contributed by atoms with E-state index in [1.54, 1.807) is 0 Å². The van der Waals surface area contributed by atoms with Crippen molar-refractivity contribution in [2.45, 2.75) is 69.7 Å². The van der Waals surface area contributed by atoms with Crippen molar-refractivity contribution in [2.24, 2.45) is 5.73 Å². The Kier molecular flexibility index (Phi) is 12.2. The summed E-state index contributed by atoms with van der Waals surface area (Å²) in [7, 11) is 0. The molecule has 4 aromatic rings. The number of hydrogen-bond acceptors (Lipinski definition) is 6. The predicted octanol–water partition coefficient (Wildman–Crippen LogP) is 5.04. The summed E-state index contributed by atoms with van der Waals surface area (Å²) in [6, 6.07) is 28.9. The summed E-state index contributed by atoms with van der Waals surface area (Å²) in [6.45, 7) is 4.73. The monoisotopic (exact) mass is 584 g/mol. The molecule has 230 valence electrons. The van der Waals surface area contributed by atoms with Gasteiger partial charge < -0.3 is 30.6 Å². The topological polar surface area (TPSA) is 95.8 Å². The molecule has 0 radical (unpaired) electrons. The van der Waals surface area contributed by atoms with E-state index in [0.29, 0.717) is 19.8 Å². The molecule has 0 spiro atoms. The second kappa shape index (κ2) is 16.7. The summed E-state index contributed by atoms with van der Waals surface area (Å²) in [5, 5.41) is 16.5. The molecule has 1 unspecified atom stereocenters. The van der Waals surface area contributed by atoms with E-state index >= 15 is 0 Å². The van der Waals surface area contributed by atoms with Crippen molar-refractivity contribution in [2.75, 3.05) is 32.7 Å². The highest BCUT2D eigenvalue weighted by atomic mass is 16.5. The number of ether oxygens (including phenoxy) is 2. The number of rotatable bonds is 17. The minimum Gasteiger partial charge on any atom is -0.389 e. The molecule has 0 saturated carbocycles. The summed E-state index contributed by atoms with van der Waals surface area (Å²) >= 11 is 0. The van der Waals surface area contributed by atoms with E-state index in [9.17, 15) is 5.11 Å². The number of piperidine rings is 1. The zero-order chi connectivity index (χ0) is 29.7. The minimum absolute atomic E-state index is 0.0436. The van der Waals surface area contributed by atoms with Gasteiger partial charge in [0, 0.05) is 36.7 Å². The molecule has 3 aromatic carbocycles. The number of H-pyrrole nitrogens is 1. The SMILES string of the molecule is NCCCCCCNC[C@H]1C(OCc2ccccc2)[C@H](OCc2ccccc2)[C@H](O)CN1CCc1c[nH]c2ccccc12. The maximum absolute atomic E-state index is 11.5. The zero-order valence-electron chi connectivity index (χ0n) is 25.2. The smallest absolute Gasteiger partial charge is 0.113 e. The van der Waals surface area contributed by atoms with Gasteiger partial charge in [0.25, 0.3) is 0 Å². The Morgan fingerprint density at radius 3 is 2.19 bits per heavy atom. The van der Waals surface area contributed by atoms with E-state index in [4.69, 9.17) is 15.2 Å². The maximum atomic E-state index is 11.5. The van der Waals surface area contributed by atoms with Crippen molar-refractivity contribution in [3.8, 4) is 0 Å². The molecule has 7 nitrogen and oxygen atoms in total. The number of aromatic amines is 1. The van der Waals surface area contributed by atoms with Gasteiger partial charge in [0.2, 0.25) is 0 Å². The van der Waals surface area contributed by atoms with E-state index in [0.717, 1.165) is 62.1 Å². The lowest BCUT2D eigenvalue weighted by Crippen LogP contribution is -2.65. The second-order valence-corrected chi connectivity index (χ2v) is 11.7. The number of fused-ring (bicyclic) bond motifs is 1. The highest BCUT2D eigenvalue weighted by molar-refractivity contribution is 5.83. The molecule has 5 N–H and O–H groups in total. The van der Waals surface area contributed by atoms with Crippen LogP contribution in [0.15, 0.2) is 91.1 Å². The molecule has 2 heterocycles. The average Bonchev–Trinajstić information content (AvgIpc) is 3.46. The van der Waals surface area contributed by atoms with E-state index in [-0.39, 0.29) is 12.1 Å². The van der Waals surface area contributed by atoms with E-state index < -0.39 is 12.2 Å². The summed E-state index contributed by atoms with van der Waals surface area (Å²) in [5.41, 5.74) is 10.3. The number of aliphatic hydroxyl groups excluding tert-OH is 1. The van der Waals surface area contributed by atoms with Crippen LogP contribution in [0.25, 0.3) is 10.9 Å². The van der Waals surface area contributed by atoms with E-state index in [2.05, 4.69) is 69.9 Å². The van der Waals surface area contributed by atoms with Crippen molar-refractivity contribution in [1.82, 2.24) is 15.2 Å². The second-order valence-electron chi connectivity index (χ2n) is 11.7. The van der Waals surface area contributed by atoms with Gasteiger partial charge in [-0.15, -0.1) is 0 Å². The number of nitrogens with two attached hydrogens (primary N) is 1. The van der Waals surface area contributed by atoms with Gasteiger partial charge in [0.1, 0.15) is 12.2 Å². The van der Waals surface area contributed by atoms with Crippen LogP contribution in [0, 0.1) is 0 Å². The third-order valence-corrected chi connectivity index (χ3v) is 8.55. The maximum Gasteiger partial charge on any atom is 0.113 e. The van der Waals surface area contributed by atoms with Crippen molar-refractivity contribution in [3.05, 3.63) is 108 Å². The molecular formula is C36H48N4O3. The molecule has 1 fully saturated rings. The van der Waals surface area contributed by atoms with Gasteiger partial charge in [-0.1, -0.05) is 91.7 Å². The van der Waals surface area contributed by atoms with E-state index in [1.165, 1.54) is 23.8 Å². The Balaban J connectivity index is 1.33. The van der Waals surface area contributed by atoms with Crippen LogP contribution >= 0.6 is 0 Å². The van der Waals surface area contributed by atoms with E-state index in [1.807, 2.05) is 36.4 Å². The van der Waals surface area contributed by atoms with Gasteiger partial charge in [-0.3, -0.25) is 4.90 Å². The minimum atomic E-state index is -0.667. The number of aliphatic hydroxyl groups is 1. The first-order valence-corrected chi connectivity index (χ1v) is 15.9. The number of para-hydroxylation sites is 1. The molecule has 1 aliphatic rings. The standard InChI is InChI=1S/C36H48N4O3/c37-20-11-1-2-12-21-38-24-33-35(42-26-28-13-5-3-6-14-28)36(43-27-29-15-7-4-8-16-29)34(41)25-40(33)22-19-30-23-39-32-18-10-9-17-31(30)32/h3-10,13-18,23,33-36,38-39,41H,1-2,11-12,19-22,24-27,37H2/t33-,34+,35?,36+/m0/s1. The van der Waals surface area contributed by atoms with Crippen LogP contribution in [0.5, 0.6) is 0 Å². The molecule has 0 amide bonds. The third-order valence-electron chi connectivity index (χ3n) is 8.55. The fourth-order valence-corrected chi connectivity index (χ4v) is 6.17. The molecule has 7 heteroatoms. The summed E-state index contributed by atoms with van der Waals surface area (Å²) in [4.78, 5) is 5.82. The van der Waals surface area contributed by atoms with Gasteiger partial charge in [0.05, 0.1) is 25.4 Å². The molecule has 43 heavy (non-hydrogen) atoms. The zero-order valence-corrected chi connectivity index (χ0v) is 25.2. The highest BCUT2D eigenvalue weighted by Gasteiger charge is 2.44. The van der Waals surface area contributed by atoms with Crippen LogP contribution in [-0.2, 0) is 29.1 Å². The molecule has 5 rings (SSSR count). The van der Waals surface area contributed by atoms with Crippen molar-refractivity contribution in [1.29, 1.82) is 0 Å². The first-order chi connectivity index (χ1) is 21.2. The lowest BCUT2D eigenvalue weighted by molar-refractivity contribution is -0.187. The Hall–Kier alpha value is -3.04. The molecule has 0 bridgehead atoms. The number of unbranched alkanes of at least 4 members (excludes halogenated alkanes) is 3. The van der Waals surface area contributed by atoms with Crippen molar-refractivity contribution < 1.29 is 14.6 Å². The number of nitrogens with one attached hydrogen (secondary N) is 2. The van der Waals surface area contributed by atoms with Crippen LogP contribution in [0.1, 0.15) is 42.4 Å². The molecule has 4 atom stereocenters. The molecule has 0 aliphatic carbocycles. The normalized spacial score (nSPS) is 21.0. The van der Waals surface area contributed by atoms with Crippen LogP contribution in [0.2, 0.25) is 0 Å². The van der Waals surface area contributed by atoms with Gasteiger partial charge in [-0.2, -0.15) is 0 Å². The van der Waals surface area contributed by atoms with Gasteiger partial charge >= 0.3 is 0 Å².